The van der Waals surface area contributed by atoms with Gasteiger partial charge in [0.2, 0.25) is 0 Å². The molecule has 6 heteroatoms. The largest absolute Gasteiger partial charge is 0.371 e. The van der Waals surface area contributed by atoms with Crippen LogP contribution >= 0.6 is 0 Å². The van der Waals surface area contributed by atoms with E-state index in [0.29, 0.717) is 24.3 Å². The minimum atomic E-state index is -0.645. The number of amides is 2. The third kappa shape index (κ3) is 3.91. The van der Waals surface area contributed by atoms with Crippen LogP contribution in [-0.4, -0.2) is 42.9 Å². The van der Waals surface area contributed by atoms with Crippen molar-refractivity contribution in [2.45, 2.75) is 39.5 Å². The molecule has 2 amide bonds. The molecule has 2 heterocycles. The predicted octanol–water partition coefficient (Wildman–Crippen LogP) is 4.53. The molecular weight excluding hydrogens is 381 g/mol. The Morgan fingerprint density at radius 2 is 1.57 bits per heavy atom. The second-order valence-electron chi connectivity index (χ2n) is 8.27. The molecule has 0 bridgehead atoms. The van der Waals surface area contributed by atoms with Crippen LogP contribution in [0, 0.1) is 19.7 Å². The molecule has 2 saturated heterocycles. The normalized spacial score (nSPS) is 16.2. The molecule has 0 aromatic heterocycles. The maximum Gasteiger partial charge on any atom is 0.259 e. The Morgan fingerprint density at radius 3 is 2.23 bits per heavy atom. The standard InChI is InChI=1S/C24H28FN3O2/c1-16-7-8-18(15-17(16)2)23(29)26-19-9-10-20(27-11-3-4-12-27)21(22(19)25)24(30)28-13-5-6-14-28/h7-10,15H,3-6,11-14H2,1-2H3,(H,26,29). The van der Waals surface area contributed by atoms with Gasteiger partial charge in [0, 0.05) is 31.7 Å². The molecule has 0 unspecified atom stereocenters. The van der Waals surface area contributed by atoms with Gasteiger partial charge in [-0.25, -0.2) is 4.39 Å². The smallest absolute Gasteiger partial charge is 0.259 e. The van der Waals surface area contributed by atoms with Gasteiger partial charge in [-0.05, 0) is 74.9 Å². The van der Waals surface area contributed by atoms with E-state index in [4.69, 9.17) is 0 Å². The second-order valence-corrected chi connectivity index (χ2v) is 8.27. The zero-order valence-corrected chi connectivity index (χ0v) is 17.6. The van der Waals surface area contributed by atoms with Crippen molar-refractivity contribution in [1.82, 2.24) is 4.90 Å². The zero-order valence-electron chi connectivity index (χ0n) is 17.6. The first kappa shape index (κ1) is 20.4. The van der Waals surface area contributed by atoms with Gasteiger partial charge in [-0.2, -0.15) is 0 Å². The highest BCUT2D eigenvalue weighted by atomic mass is 19.1. The number of rotatable bonds is 4. The molecule has 5 nitrogen and oxygen atoms in total. The molecule has 0 spiro atoms. The van der Waals surface area contributed by atoms with Crippen LogP contribution < -0.4 is 10.2 Å². The van der Waals surface area contributed by atoms with Gasteiger partial charge in [-0.3, -0.25) is 9.59 Å². The van der Waals surface area contributed by atoms with Gasteiger partial charge in [-0.1, -0.05) is 6.07 Å². The summed E-state index contributed by atoms with van der Waals surface area (Å²) < 4.78 is 15.6. The number of anilines is 2. The fourth-order valence-electron chi connectivity index (χ4n) is 4.24. The lowest BCUT2D eigenvalue weighted by molar-refractivity contribution is 0.0788. The summed E-state index contributed by atoms with van der Waals surface area (Å²) in [5.41, 5.74) is 3.31. The van der Waals surface area contributed by atoms with Gasteiger partial charge >= 0.3 is 0 Å². The van der Waals surface area contributed by atoms with Gasteiger partial charge in [-0.15, -0.1) is 0 Å². The monoisotopic (exact) mass is 409 g/mol. The molecular formula is C24H28FN3O2. The molecule has 0 atom stereocenters. The van der Waals surface area contributed by atoms with Crippen molar-refractivity contribution in [3.8, 4) is 0 Å². The Bertz CT molecular complexity index is 977. The average Bonchev–Trinajstić information content (AvgIpc) is 3.45. The summed E-state index contributed by atoms with van der Waals surface area (Å²) in [5, 5.41) is 2.67. The molecule has 2 fully saturated rings. The van der Waals surface area contributed by atoms with E-state index in [1.165, 1.54) is 0 Å². The number of hydrogen-bond acceptors (Lipinski definition) is 3. The topological polar surface area (TPSA) is 52.7 Å². The number of benzene rings is 2. The van der Waals surface area contributed by atoms with Crippen LogP contribution in [0.25, 0.3) is 0 Å². The Labute approximate surface area is 176 Å². The fraction of sp³-hybridized carbons (Fsp3) is 0.417. The SMILES string of the molecule is Cc1ccc(C(=O)Nc2ccc(N3CCCC3)c(C(=O)N3CCCC3)c2F)cc1C. The Balaban J connectivity index is 1.68. The summed E-state index contributed by atoms with van der Waals surface area (Å²) >= 11 is 0. The first-order valence-electron chi connectivity index (χ1n) is 10.7. The number of likely N-dealkylation sites (tertiary alicyclic amines) is 1. The summed E-state index contributed by atoms with van der Waals surface area (Å²) in [6.45, 7) is 6.84. The van der Waals surface area contributed by atoms with Gasteiger partial charge < -0.3 is 15.1 Å². The minimum Gasteiger partial charge on any atom is -0.371 e. The second kappa shape index (κ2) is 8.46. The van der Waals surface area contributed by atoms with E-state index in [2.05, 4.69) is 10.2 Å². The number of aryl methyl sites for hydroxylation is 2. The molecule has 2 aromatic rings. The lowest BCUT2D eigenvalue weighted by Crippen LogP contribution is -2.31. The van der Waals surface area contributed by atoms with E-state index in [1.807, 2.05) is 19.9 Å². The summed E-state index contributed by atoms with van der Waals surface area (Å²) in [5.74, 6) is -1.31. The van der Waals surface area contributed by atoms with E-state index in [1.54, 1.807) is 29.2 Å². The molecule has 158 valence electrons. The lowest BCUT2D eigenvalue weighted by atomic mass is 10.1. The Morgan fingerprint density at radius 1 is 0.900 bits per heavy atom. The molecule has 0 saturated carbocycles. The maximum absolute atomic E-state index is 15.6. The molecule has 2 aromatic carbocycles. The van der Waals surface area contributed by atoms with Crippen LogP contribution in [0.5, 0.6) is 0 Å². The fourth-order valence-corrected chi connectivity index (χ4v) is 4.24. The van der Waals surface area contributed by atoms with Crippen LogP contribution in [0.4, 0.5) is 15.8 Å². The maximum atomic E-state index is 15.6. The number of nitrogens with zero attached hydrogens (tertiary/aromatic N) is 2. The highest BCUT2D eigenvalue weighted by Crippen LogP contribution is 2.33. The zero-order chi connectivity index (χ0) is 21.3. The van der Waals surface area contributed by atoms with E-state index >= 15 is 4.39 Å². The number of carbonyl (C=O) groups excluding carboxylic acids is 2. The average molecular weight is 410 g/mol. The van der Waals surface area contributed by atoms with Crippen molar-refractivity contribution in [2.75, 3.05) is 36.4 Å². The van der Waals surface area contributed by atoms with Crippen molar-refractivity contribution >= 4 is 23.2 Å². The van der Waals surface area contributed by atoms with Crippen LogP contribution in [0.3, 0.4) is 0 Å². The number of halogens is 1. The van der Waals surface area contributed by atoms with E-state index in [9.17, 15) is 9.59 Å². The van der Waals surface area contributed by atoms with E-state index in [-0.39, 0.29) is 23.1 Å². The van der Waals surface area contributed by atoms with Crippen LogP contribution in [0.15, 0.2) is 30.3 Å². The Kier molecular flexibility index (Phi) is 5.75. The summed E-state index contributed by atoms with van der Waals surface area (Å²) in [6, 6.07) is 8.73. The van der Waals surface area contributed by atoms with Gasteiger partial charge in [0.05, 0.1) is 11.4 Å². The van der Waals surface area contributed by atoms with Gasteiger partial charge in [0.15, 0.2) is 5.82 Å². The quantitative estimate of drug-likeness (QED) is 0.807. The lowest BCUT2D eigenvalue weighted by Gasteiger charge is -2.25. The first-order chi connectivity index (χ1) is 14.5. The number of carbonyl (C=O) groups is 2. The summed E-state index contributed by atoms with van der Waals surface area (Å²) in [6.07, 6.45) is 3.94. The predicted molar refractivity (Wildman–Crippen MR) is 117 cm³/mol. The van der Waals surface area contributed by atoms with Gasteiger partial charge in [0.25, 0.3) is 11.8 Å². The highest BCUT2D eigenvalue weighted by molar-refractivity contribution is 6.06. The minimum absolute atomic E-state index is 0.0451. The third-order valence-corrected chi connectivity index (χ3v) is 6.19. The number of nitrogens with one attached hydrogen (secondary N) is 1. The van der Waals surface area contributed by atoms with Crippen molar-refractivity contribution < 1.29 is 14.0 Å². The molecule has 1 N–H and O–H groups in total. The third-order valence-electron chi connectivity index (χ3n) is 6.19. The Hall–Kier alpha value is -2.89. The molecule has 4 rings (SSSR count). The summed E-state index contributed by atoms with van der Waals surface area (Å²) in [4.78, 5) is 29.7. The molecule has 2 aliphatic heterocycles. The molecule has 0 aliphatic carbocycles. The summed E-state index contributed by atoms with van der Waals surface area (Å²) in [7, 11) is 0. The number of hydrogen-bond donors (Lipinski definition) is 1. The van der Waals surface area contributed by atoms with Crippen molar-refractivity contribution in [3.05, 3.63) is 58.4 Å². The van der Waals surface area contributed by atoms with Crippen molar-refractivity contribution in [1.29, 1.82) is 0 Å². The molecule has 0 radical (unpaired) electrons. The first-order valence-corrected chi connectivity index (χ1v) is 10.7. The van der Waals surface area contributed by atoms with Crippen LogP contribution in [0.2, 0.25) is 0 Å². The van der Waals surface area contributed by atoms with Crippen LogP contribution in [0.1, 0.15) is 57.5 Å². The van der Waals surface area contributed by atoms with E-state index in [0.717, 1.165) is 49.9 Å². The van der Waals surface area contributed by atoms with E-state index < -0.39 is 5.82 Å². The molecule has 30 heavy (non-hydrogen) atoms. The highest BCUT2D eigenvalue weighted by Gasteiger charge is 2.30. The van der Waals surface area contributed by atoms with Gasteiger partial charge in [0.1, 0.15) is 5.56 Å². The van der Waals surface area contributed by atoms with Crippen molar-refractivity contribution in [3.63, 3.8) is 0 Å². The molecule has 2 aliphatic rings. The van der Waals surface area contributed by atoms with Crippen LogP contribution in [-0.2, 0) is 0 Å². The van der Waals surface area contributed by atoms with Crippen molar-refractivity contribution in [2.24, 2.45) is 0 Å².